The van der Waals surface area contributed by atoms with Crippen LogP contribution < -0.4 is 4.74 Å². The lowest BCUT2D eigenvalue weighted by Crippen LogP contribution is -1.87. The first-order valence-corrected chi connectivity index (χ1v) is 5.05. The fourth-order valence-electron chi connectivity index (χ4n) is 1.23. The van der Waals surface area contributed by atoms with E-state index in [1.807, 2.05) is 6.07 Å². The smallest absolute Gasteiger partial charge is 0.148 e. The highest BCUT2D eigenvalue weighted by Crippen LogP contribution is 2.26. The van der Waals surface area contributed by atoms with Crippen LogP contribution in [-0.4, -0.2) is 4.98 Å². The summed E-state index contributed by atoms with van der Waals surface area (Å²) in [7, 11) is 0. The number of pyridine rings is 1. The number of nitrogens with zero attached hydrogens (tertiary/aromatic N) is 2. The SMILES string of the molecule is N#Cc1ccc(Oc2cncc(F)c2)cc1Cl. The van der Waals surface area contributed by atoms with E-state index in [0.717, 1.165) is 6.20 Å². The Balaban J connectivity index is 2.25. The van der Waals surface area contributed by atoms with E-state index in [1.165, 1.54) is 24.4 Å². The predicted octanol–water partition coefficient (Wildman–Crippen LogP) is 3.54. The predicted molar refractivity (Wildman–Crippen MR) is 60.4 cm³/mol. The zero-order valence-corrected chi connectivity index (χ0v) is 9.28. The second kappa shape index (κ2) is 4.81. The third-order valence-corrected chi connectivity index (χ3v) is 2.29. The van der Waals surface area contributed by atoms with Crippen LogP contribution in [0, 0.1) is 17.1 Å². The molecule has 1 heterocycles. The topological polar surface area (TPSA) is 45.9 Å². The number of nitriles is 1. The van der Waals surface area contributed by atoms with E-state index in [-0.39, 0.29) is 10.8 Å². The lowest BCUT2D eigenvalue weighted by atomic mass is 10.2. The second-order valence-corrected chi connectivity index (χ2v) is 3.60. The molecule has 0 saturated carbocycles. The molecule has 3 nitrogen and oxygen atoms in total. The van der Waals surface area contributed by atoms with E-state index < -0.39 is 5.82 Å². The molecule has 5 heteroatoms. The number of hydrogen-bond acceptors (Lipinski definition) is 3. The maximum atomic E-state index is 12.9. The molecule has 17 heavy (non-hydrogen) atoms. The average Bonchev–Trinajstić information content (AvgIpc) is 2.29. The van der Waals surface area contributed by atoms with E-state index in [4.69, 9.17) is 21.6 Å². The van der Waals surface area contributed by atoms with Gasteiger partial charge in [-0.05, 0) is 12.1 Å². The summed E-state index contributed by atoms with van der Waals surface area (Å²) in [6, 6.07) is 7.74. The monoisotopic (exact) mass is 248 g/mol. The average molecular weight is 249 g/mol. The van der Waals surface area contributed by atoms with Crippen LogP contribution in [-0.2, 0) is 0 Å². The lowest BCUT2D eigenvalue weighted by molar-refractivity contribution is 0.473. The molecule has 0 bridgehead atoms. The minimum atomic E-state index is -0.484. The van der Waals surface area contributed by atoms with Gasteiger partial charge in [-0.1, -0.05) is 11.6 Å². The first-order valence-electron chi connectivity index (χ1n) is 4.67. The summed E-state index contributed by atoms with van der Waals surface area (Å²) in [6.07, 6.45) is 2.47. The summed E-state index contributed by atoms with van der Waals surface area (Å²) in [5, 5.41) is 8.99. The van der Waals surface area contributed by atoms with Crippen LogP contribution >= 0.6 is 11.6 Å². The molecule has 0 unspecified atom stereocenters. The van der Waals surface area contributed by atoms with Crippen molar-refractivity contribution >= 4 is 11.6 Å². The third kappa shape index (κ3) is 2.71. The number of rotatable bonds is 2. The fourth-order valence-corrected chi connectivity index (χ4v) is 1.45. The Morgan fingerprint density at radius 3 is 2.71 bits per heavy atom. The lowest BCUT2D eigenvalue weighted by Gasteiger charge is -2.05. The molecule has 1 aromatic carbocycles. The first kappa shape index (κ1) is 11.4. The van der Waals surface area contributed by atoms with Gasteiger partial charge in [-0.15, -0.1) is 0 Å². The molecule has 1 aromatic heterocycles. The van der Waals surface area contributed by atoms with Gasteiger partial charge in [0.2, 0.25) is 0 Å². The Hall–Kier alpha value is -2.12. The Morgan fingerprint density at radius 1 is 1.24 bits per heavy atom. The Morgan fingerprint density at radius 2 is 2.06 bits per heavy atom. The maximum Gasteiger partial charge on any atom is 0.148 e. The van der Waals surface area contributed by atoms with Gasteiger partial charge in [0.1, 0.15) is 23.4 Å². The molecule has 0 amide bonds. The Labute approximate surface area is 102 Å². The van der Waals surface area contributed by atoms with Gasteiger partial charge in [0.05, 0.1) is 23.0 Å². The molecule has 0 atom stereocenters. The molecule has 0 aliphatic rings. The number of aromatic nitrogens is 1. The summed E-state index contributed by atoms with van der Waals surface area (Å²) in [4.78, 5) is 3.65. The number of benzene rings is 1. The van der Waals surface area contributed by atoms with Crippen molar-refractivity contribution < 1.29 is 9.13 Å². The minimum absolute atomic E-state index is 0.269. The number of ether oxygens (including phenoxy) is 1. The van der Waals surface area contributed by atoms with Crippen molar-refractivity contribution in [2.45, 2.75) is 0 Å². The quantitative estimate of drug-likeness (QED) is 0.817. The summed E-state index contributed by atoms with van der Waals surface area (Å²) in [5.41, 5.74) is 0.358. The van der Waals surface area contributed by atoms with E-state index in [0.29, 0.717) is 11.3 Å². The van der Waals surface area contributed by atoms with E-state index in [2.05, 4.69) is 4.98 Å². The van der Waals surface area contributed by atoms with Crippen molar-refractivity contribution in [3.63, 3.8) is 0 Å². The highest BCUT2D eigenvalue weighted by Gasteiger charge is 2.04. The summed E-state index contributed by atoms with van der Waals surface area (Å²) < 4.78 is 18.2. The minimum Gasteiger partial charge on any atom is -0.456 e. The van der Waals surface area contributed by atoms with Crippen molar-refractivity contribution in [2.75, 3.05) is 0 Å². The van der Waals surface area contributed by atoms with Crippen molar-refractivity contribution in [1.29, 1.82) is 5.26 Å². The van der Waals surface area contributed by atoms with Gasteiger partial charge in [0, 0.05) is 12.1 Å². The number of hydrogen-bond donors (Lipinski definition) is 0. The first-order chi connectivity index (χ1) is 8.19. The van der Waals surface area contributed by atoms with Crippen LogP contribution in [0.2, 0.25) is 5.02 Å². The molecule has 0 saturated heterocycles. The fraction of sp³-hybridized carbons (Fsp3) is 0. The molecule has 0 spiro atoms. The molecule has 0 fully saturated rings. The van der Waals surface area contributed by atoms with Crippen molar-refractivity contribution in [2.24, 2.45) is 0 Å². The Kier molecular flexibility index (Phi) is 3.22. The highest BCUT2D eigenvalue weighted by molar-refractivity contribution is 6.31. The molecule has 0 N–H and O–H groups in total. The van der Waals surface area contributed by atoms with Crippen LogP contribution in [0.4, 0.5) is 4.39 Å². The molecular formula is C12H6ClFN2O. The summed E-state index contributed by atoms with van der Waals surface area (Å²) in [5.74, 6) is 0.203. The molecule has 2 rings (SSSR count). The molecule has 84 valence electrons. The highest BCUT2D eigenvalue weighted by atomic mass is 35.5. The zero-order chi connectivity index (χ0) is 12.3. The standard InChI is InChI=1S/C12H6ClFN2O/c13-12-4-10(2-1-8(12)5-15)17-11-3-9(14)6-16-7-11/h1-4,6-7H. The summed E-state index contributed by atoms with van der Waals surface area (Å²) in [6.45, 7) is 0. The van der Waals surface area contributed by atoms with Gasteiger partial charge in [0.25, 0.3) is 0 Å². The van der Waals surface area contributed by atoms with Crippen molar-refractivity contribution in [3.8, 4) is 17.6 Å². The van der Waals surface area contributed by atoms with Crippen molar-refractivity contribution in [3.05, 3.63) is 53.1 Å². The van der Waals surface area contributed by atoms with Crippen LogP contribution in [0.3, 0.4) is 0 Å². The third-order valence-electron chi connectivity index (χ3n) is 1.98. The van der Waals surface area contributed by atoms with Crippen LogP contribution in [0.1, 0.15) is 5.56 Å². The largest absolute Gasteiger partial charge is 0.456 e. The van der Waals surface area contributed by atoms with E-state index in [1.54, 1.807) is 6.07 Å². The maximum absolute atomic E-state index is 12.9. The molecule has 2 aromatic rings. The van der Waals surface area contributed by atoms with Gasteiger partial charge >= 0.3 is 0 Å². The van der Waals surface area contributed by atoms with Crippen molar-refractivity contribution in [1.82, 2.24) is 4.98 Å². The van der Waals surface area contributed by atoms with Gasteiger partial charge in [-0.25, -0.2) is 4.39 Å². The van der Waals surface area contributed by atoms with E-state index >= 15 is 0 Å². The zero-order valence-electron chi connectivity index (χ0n) is 8.52. The molecule has 0 aliphatic carbocycles. The summed E-state index contributed by atoms with van der Waals surface area (Å²) >= 11 is 5.83. The van der Waals surface area contributed by atoms with Crippen LogP contribution in [0.15, 0.2) is 36.7 Å². The van der Waals surface area contributed by atoms with Crippen LogP contribution in [0.25, 0.3) is 0 Å². The van der Waals surface area contributed by atoms with E-state index in [9.17, 15) is 4.39 Å². The number of halogens is 2. The second-order valence-electron chi connectivity index (χ2n) is 3.19. The van der Waals surface area contributed by atoms with Crippen LogP contribution in [0.5, 0.6) is 11.5 Å². The Bertz CT molecular complexity index is 595. The molecule has 0 aliphatic heterocycles. The van der Waals surface area contributed by atoms with Gasteiger partial charge in [0.15, 0.2) is 0 Å². The van der Waals surface area contributed by atoms with Gasteiger partial charge < -0.3 is 4.74 Å². The normalized spacial score (nSPS) is 9.71. The van der Waals surface area contributed by atoms with Gasteiger partial charge in [-0.2, -0.15) is 5.26 Å². The molecular weight excluding hydrogens is 243 g/mol. The van der Waals surface area contributed by atoms with Gasteiger partial charge in [-0.3, -0.25) is 4.98 Å². The molecule has 0 radical (unpaired) electrons.